The first-order chi connectivity index (χ1) is 26.1. The van der Waals surface area contributed by atoms with Gasteiger partial charge in [0.1, 0.15) is 13.1 Å². The number of allylic oxidation sites excluding steroid dienone is 6. The summed E-state index contributed by atoms with van der Waals surface area (Å²) in [6.45, 7) is 25.7. The maximum Gasteiger partial charge on any atom is 0.323 e. The van der Waals surface area contributed by atoms with Crippen molar-refractivity contribution in [3.63, 3.8) is 0 Å². The molecular weight excluding hydrogens is 739 g/mol. The molecule has 0 aromatic carbocycles. The second-order valence-corrected chi connectivity index (χ2v) is 22.7. The molecule has 7 rings (SSSR count). The molecule has 312 valence electrons. The number of alkyl halides is 2. The van der Waals surface area contributed by atoms with Crippen LogP contribution in [0, 0.1) is 62.6 Å². The van der Waals surface area contributed by atoms with Crippen molar-refractivity contribution in [3.05, 3.63) is 45.8 Å². The van der Waals surface area contributed by atoms with Crippen LogP contribution in [0.25, 0.3) is 0 Å². The van der Waals surface area contributed by atoms with Crippen molar-refractivity contribution in [1.29, 1.82) is 0 Å². The Kier molecular flexibility index (Phi) is 10.8. The minimum Gasteiger partial charge on any atom is -0.480 e. The Morgan fingerprint density at radius 2 is 1.39 bits per heavy atom. The Labute approximate surface area is 348 Å². The van der Waals surface area contributed by atoms with E-state index < -0.39 is 16.8 Å². The average Bonchev–Trinajstić information content (AvgIpc) is 3.50. The number of fused-ring (bicyclic) bond motifs is 7. The van der Waals surface area contributed by atoms with Crippen molar-refractivity contribution in [2.75, 3.05) is 32.1 Å². The monoisotopic (exact) mass is 810 g/mol. The molecule has 0 bridgehead atoms. The van der Waals surface area contributed by atoms with Gasteiger partial charge in [0.15, 0.2) is 0 Å². The SMILES string of the molecule is CC1=CCN(CC(=O)O)C(C)=C1C[C@]12CC[C@@H](C(C)(Cl)CCl)[C@@H]1[C@H]1CC[C@@H]3[C@@]4(C)CCC(C5=C(C)N(CC(=O)O)CC=C5C)C(C)(C)[C@@H]4CC[C@@]3(C)[C@]1(C)CC2. The molecule has 0 aromatic rings. The fourth-order valence-electron chi connectivity index (χ4n) is 16.1. The number of aliphatic carboxylic acids is 2. The lowest BCUT2D eigenvalue weighted by molar-refractivity contribution is -0.242. The second kappa shape index (κ2) is 14.4. The maximum absolute atomic E-state index is 11.9. The van der Waals surface area contributed by atoms with Gasteiger partial charge >= 0.3 is 11.9 Å². The number of carbonyl (C=O) groups is 2. The lowest BCUT2D eigenvalue weighted by Crippen LogP contribution is -2.66. The minimum absolute atomic E-state index is 0.0403. The lowest BCUT2D eigenvalue weighted by Gasteiger charge is -2.73. The third kappa shape index (κ3) is 6.28. The molecule has 5 saturated carbocycles. The van der Waals surface area contributed by atoms with Gasteiger partial charge in [0.05, 0.1) is 4.87 Å². The van der Waals surface area contributed by atoms with E-state index in [1.165, 1.54) is 79.4 Å². The molecule has 2 heterocycles. The molecule has 56 heavy (non-hydrogen) atoms. The zero-order valence-corrected chi connectivity index (χ0v) is 37.8. The highest BCUT2D eigenvalue weighted by Crippen LogP contribution is 2.79. The lowest BCUT2D eigenvalue weighted by atomic mass is 9.31. The van der Waals surface area contributed by atoms with Crippen LogP contribution in [0.1, 0.15) is 140 Å². The molecule has 0 radical (unpaired) electrons. The van der Waals surface area contributed by atoms with Gasteiger partial charge in [0, 0.05) is 30.4 Å². The van der Waals surface area contributed by atoms with Crippen LogP contribution in [0.2, 0.25) is 0 Å². The molecule has 7 aliphatic rings. The molecule has 8 heteroatoms. The molecule has 11 atom stereocenters. The van der Waals surface area contributed by atoms with Crippen molar-refractivity contribution in [2.45, 2.75) is 145 Å². The maximum atomic E-state index is 11.9. The molecular formula is C48H72Cl2N2O4. The van der Waals surface area contributed by atoms with Gasteiger partial charge in [-0.2, -0.15) is 0 Å². The van der Waals surface area contributed by atoms with Crippen LogP contribution in [0.3, 0.4) is 0 Å². The first-order valence-corrected chi connectivity index (χ1v) is 22.9. The van der Waals surface area contributed by atoms with Crippen molar-refractivity contribution >= 4 is 35.1 Å². The van der Waals surface area contributed by atoms with E-state index in [0.29, 0.717) is 54.5 Å². The molecule has 2 unspecified atom stereocenters. The Bertz CT molecular complexity index is 1760. The van der Waals surface area contributed by atoms with E-state index in [1.54, 1.807) is 0 Å². The van der Waals surface area contributed by atoms with Crippen molar-refractivity contribution in [3.8, 4) is 0 Å². The fourth-order valence-corrected chi connectivity index (χ4v) is 16.6. The Hall–Kier alpha value is -1.92. The van der Waals surface area contributed by atoms with Gasteiger partial charge in [0.25, 0.3) is 0 Å². The summed E-state index contributed by atoms with van der Waals surface area (Å²) in [5.41, 5.74) is 8.62. The van der Waals surface area contributed by atoms with Crippen LogP contribution in [-0.4, -0.2) is 68.9 Å². The fraction of sp³-hybridized carbons (Fsp3) is 0.792. The largest absolute Gasteiger partial charge is 0.480 e. The van der Waals surface area contributed by atoms with Crippen molar-refractivity contribution in [1.82, 2.24) is 9.80 Å². The van der Waals surface area contributed by atoms with E-state index in [1.807, 2.05) is 0 Å². The average molecular weight is 812 g/mol. The summed E-state index contributed by atoms with van der Waals surface area (Å²) in [6.07, 6.45) is 17.6. The summed E-state index contributed by atoms with van der Waals surface area (Å²) in [5, 5.41) is 19.5. The summed E-state index contributed by atoms with van der Waals surface area (Å²) >= 11 is 14.3. The van der Waals surface area contributed by atoms with Gasteiger partial charge < -0.3 is 20.0 Å². The van der Waals surface area contributed by atoms with Crippen molar-refractivity contribution in [2.24, 2.45) is 62.6 Å². The number of carboxylic acids is 2. The van der Waals surface area contributed by atoms with Crippen LogP contribution in [0.5, 0.6) is 0 Å². The molecule has 0 aromatic heterocycles. The van der Waals surface area contributed by atoms with E-state index >= 15 is 0 Å². The first kappa shape index (κ1) is 42.2. The molecule has 6 nitrogen and oxygen atoms in total. The topological polar surface area (TPSA) is 81.1 Å². The molecule has 2 aliphatic heterocycles. The number of rotatable bonds is 9. The predicted molar refractivity (Wildman–Crippen MR) is 229 cm³/mol. The summed E-state index contributed by atoms with van der Waals surface area (Å²) in [7, 11) is 0. The summed E-state index contributed by atoms with van der Waals surface area (Å²) in [4.78, 5) is 27.3. The third-order valence-electron chi connectivity index (χ3n) is 19.1. The van der Waals surface area contributed by atoms with Crippen LogP contribution in [0.4, 0.5) is 0 Å². The van der Waals surface area contributed by atoms with E-state index in [-0.39, 0.29) is 40.2 Å². The normalized spacial score (nSPS) is 41.9. The highest BCUT2D eigenvalue weighted by molar-refractivity contribution is 6.30. The highest BCUT2D eigenvalue weighted by atomic mass is 35.5. The van der Waals surface area contributed by atoms with Crippen LogP contribution >= 0.6 is 23.2 Å². The van der Waals surface area contributed by atoms with E-state index in [9.17, 15) is 19.8 Å². The number of hydrogen-bond donors (Lipinski definition) is 2. The minimum atomic E-state index is -0.775. The van der Waals surface area contributed by atoms with Gasteiger partial charge in [-0.1, -0.05) is 46.8 Å². The molecule has 0 amide bonds. The van der Waals surface area contributed by atoms with Crippen LogP contribution in [0.15, 0.2) is 45.8 Å². The van der Waals surface area contributed by atoms with Gasteiger partial charge in [0.2, 0.25) is 0 Å². The zero-order chi connectivity index (χ0) is 41.0. The van der Waals surface area contributed by atoms with Crippen LogP contribution in [-0.2, 0) is 9.59 Å². The number of carboxylic acid groups (broad SMARTS) is 2. The molecule has 5 fully saturated rings. The third-order valence-corrected chi connectivity index (χ3v) is 20.2. The highest BCUT2D eigenvalue weighted by Gasteiger charge is 2.71. The smallest absolute Gasteiger partial charge is 0.323 e. The number of hydrogen-bond acceptors (Lipinski definition) is 4. The Morgan fingerprint density at radius 3 is 2.02 bits per heavy atom. The quantitative estimate of drug-likeness (QED) is 0.226. The number of halogens is 2. The molecule has 2 N–H and O–H groups in total. The van der Waals surface area contributed by atoms with E-state index in [0.717, 1.165) is 25.0 Å². The summed E-state index contributed by atoms with van der Waals surface area (Å²) < 4.78 is 0. The zero-order valence-electron chi connectivity index (χ0n) is 36.3. The van der Waals surface area contributed by atoms with E-state index in [4.69, 9.17) is 23.2 Å². The van der Waals surface area contributed by atoms with Gasteiger partial charge in [-0.3, -0.25) is 9.59 Å². The van der Waals surface area contributed by atoms with Gasteiger partial charge in [-0.15, -0.1) is 23.2 Å². The van der Waals surface area contributed by atoms with E-state index in [2.05, 4.69) is 91.2 Å². The number of nitrogens with zero attached hydrogens (tertiary/aromatic N) is 2. The first-order valence-electron chi connectivity index (χ1n) is 22.0. The second-order valence-electron chi connectivity index (χ2n) is 21.6. The Balaban J connectivity index is 1.23. The summed E-state index contributed by atoms with van der Waals surface area (Å²) in [6, 6.07) is 0. The van der Waals surface area contributed by atoms with Gasteiger partial charge in [-0.05, 0) is 190 Å². The molecule has 5 aliphatic carbocycles. The standard InChI is InChI=1S/C48H72Cl2N2O4/c1-29-16-23-51(26-39(53)54)31(3)33(29)25-48-20-14-36(47(10,50)28-49)42(48)35-11-12-38-44(7)18-13-34(41-30(2)17-24-52(32(41)4)27-40(55)56)43(5,6)37(44)15-19-46(38,9)45(35,8)21-22-48/h16-17,34-38,42H,11-15,18-28H2,1-10H3,(H,53,54)(H,55,56)/t34?,35-,36-,37+,38-,42+,44+,45-,46-,47?,48-/m1/s1. The Morgan fingerprint density at radius 1 is 0.768 bits per heavy atom. The molecule has 0 saturated heterocycles. The molecule has 0 spiro atoms. The predicted octanol–water partition coefficient (Wildman–Crippen LogP) is 11.6. The van der Waals surface area contributed by atoms with Gasteiger partial charge in [-0.25, -0.2) is 0 Å². The van der Waals surface area contributed by atoms with Crippen LogP contribution < -0.4 is 0 Å². The summed E-state index contributed by atoms with van der Waals surface area (Å²) in [5.74, 6) is 1.98. The van der Waals surface area contributed by atoms with Crippen molar-refractivity contribution < 1.29 is 19.8 Å².